The maximum Gasteiger partial charge on any atom is 0.306 e. The Morgan fingerprint density at radius 2 is 2.19 bits per heavy atom. The first-order chi connectivity index (χ1) is 12.5. The Labute approximate surface area is 155 Å². The SMILES string of the molecule is CCCC(=O)OCC(=O)NCCN1C(=O)S/C(=C\c2cccnc2)C1=O. The molecule has 0 unspecified atom stereocenters. The molecule has 2 rings (SSSR count). The fraction of sp³-hybridized carbons (Fsp3) is 0.353. The van der Waals surface area contributed by atoms with Gasteiger partial charge in [0, 0.05) is 31.9 Å². The summed E-state index contributed by atoms with van der Waals surface area (Å²) in [5, 5.41) is 2.12. The molecule has 0 radical (unpaired) electrons. The summed E-state index contributed by atoms with van der Waals surface area (Å²) in [5.74, 6) is -1.33. The lowest BCUT2D eigenvalue weighted by atomic mass is 10.2. The molecule has 1 N–H and O–H groups in total. The molecule has 26 heavy (non-hydrogen) atoms. The molecule has 1 aromatic heterocycles. The van der Waals surface area contributed by atoms with Crippen molar-refractivity contribution in [3.05, 3.63) is 35.0 Å². The Kier molecular flexibility index (Phi) is 7.34. The van der Waals surface area contributed by atoms with Gasteiger partial charge >= 0.3 is 5.97 Å². The summed E-state index contributed by atoms with van der Waals surface area (Å²) in [6, 6.07) is 3.51. The van der Waals surface area contributed by atoms with Crippen LogP contribution in [-0.2, 0) is 19.1 Å². The van der Waals surface area contributed by atoms with Crippen LogP contribution in [0.3, 0.4) is 0 Å². The van der Waals surface area contributed by atoms with Gasteiger partial charge in [-0.3, -0.25) is 29.1 Å². The number of pyridine rings is 1. The van der Waals surface area contributed by atoms with Crippen LogP contribution in [0.1, 0.15) is 25.3 Å². The van der Waals surface area contributed by atoms with Crippen molar-refractivity contribution in [2.45, 2.75) is 19.8 Å². The predicted molar refractivity (Wildman–Crippen MR) is 95.8 cm³/mol. The molecule has 1 aliphatic heterocycles. The average molecular weight is 377 g/mol. The molecule has 0 aliphatic carbocycles. The number of rotatable bonds is 8. The molecule has 3 amide bonds. The number of carbonyl (C=O) groups excluding carboxylic acids is 4. The molecule has 0 aromatic carbocycles. The summed E-state index contributed by atoms with van der Waals surface area (Å²) < 4.78 is 4.77. The number of nitrogens with one attached hydrogen (secondary N) is 1. The molecule has 1 saturated heterocycles. The van der Waals surface area contributed by atoms with Crippen molar-refractivity contribution >= 4 is 40.9 Å². The Bertz CT molecular complexity index is 720. The second-order valence-electron chi connectivity index (χ2n) is 5.38. The van der Waals surface area contributed by atoms with E-state index in [1.165, 1.54) is 0 Å². The highest BCUT2D eigenvalue weighted by molar-refractivity contribution is 8.18. The average Bonchev–Trinajstić information content (AvgIpc) is 2.88. The molecule has 0 saturated carbocycles. The van der Waals surface area contributed by atoms with E-state index in [0.717, 1.165) is 22.2 Å². The number of thioether (sulfide) groups is 1. The van der Waals surface area contributed by atoms with Gasteiger partial charge in [0.15, 0.2) is 6.61 Å². The van der Waals surface area contributed by atoms with Gasteiger partial charge in [0.2, 0.25) is 0 Å². The van der Waals surface area contributed by atoms with E-state index < -0.39 is 23.0 Å². The number of hydrogen-bond donors (Lipinski definition) is 1. The summed E-state index contributed by atoms with van der Waals surface area (Å²) in [6.07, 6.45) is 5.71. The van der Waals surface area contributed by atoms with E-state index in [2.05, 4.69) is 10.3 Å². The number of hydrogen-bond acceptors (Lipinski definition) is 7. The van der Waals surface area contributed by atoms with Crippen LogP contribution in [-0.4, -0.2) is 52.6 Å². The van der Waals surface area contributed by atoms with E-state index in [-0.39, 0.29) is 26.1 Å². The smallest absolute Gasteiger partial charge is 0.306 e. The van der Waals surface area contributed by atoms with Gasteiger partial charge in [-0.2, -0.15) is 0 Å². The molecule has 1 aliphatic rings. The monoisotopic (exact) mass is 377 g/mol. The Balaban J connectivity index is 1.80. The van der Waals surface area contributed by atoms with Crippen molar-refractivity contribution in [3.8, 4) is 0 Å². The Morgan fingerprint density at radius 1 is 1.38 bits per heavy atom. The zero-order chi connectivity index (χ0) is 18.9. The minimum Gasteiger partial charge on any atom is -0.456 e. The van der Waals surface area contributed by atoms with Crippen LogP contribution in [0.25, 0.3) is 6.08 Å². The van der Waals surface area contributed by atoms with Gasteiger partial charge in [0.1, 0.15) is 0 Å². The van der Waals surface area contributed by atoms with Crippen LogP contribution < -0.4 is 5.32 Å². The fourth-order valence-electron chi connectivity index (χ4n) is 2.09. The van der Waals surface area contributed by atoms with Crippen molar-refractivity contribution in [3.63, 3.8) is 0 Å². The van der Waals surface area contributed by atoms with Gasteiger partial charge in [0.25, 0.3) is 17.1 Å². The normalized spacial score (nSPS) is 15.4. The topological polar surface area (TPSA) is 106 Å². The third kappa shape index (κ3) is 5.69. The summed E-state index contributed by atoms with van der Waals surface area (Å²) in [6.45, 7) is 1.59. The van der Waals surface area contributed by atoms with Crippen LogP contribution in [0.2, 0.25) is 0 Å². The molecule has 2 heterocycles. The first-order valence-corrected chi connectivity index (χ1v) is 8.90. The zero-order valence-electron chi connectivity index (χ0n) is 14.3. The van der Waals surface area contributed by atoms with Crippen LogP contribution in [0, 0.1) is 0 Å². The highest BCUT2D eigenvalue weighted by Crippen LogP contribution is 2.31. The number of carbonyl (C=O) groups is 4. The van der Waals surface area contributed by atoms with Gasteiger partial charge < -0.3 is 10.1 Å². The highest BCUT2D eigenvalue weighted by atomic mass is 32.2. The Morgan fingerprint density at radius 3 is 2.88 bits per heavy atom. The van der Waals surface area contributed by atoms with Gasteiger partial charge in [-0.1, -0.05) is 13.0 Å². The third-order valence-corrected chi connectivity index (χ3v) is 4.24. The van der Waals surface area contributed by atoms with Crippen molar-refractivity contribution in [1.29, 1.82) is 0 Å². The van der Waals surface area contributed by atoms with E-state index >= 15 is 0 Å². The highest BCUT2D eigenvalue weighted by Gasteiger charge is 2.34. The molecule has 0 bridgehead atoms. The van der Waals surface area contributed by atoms with E-state index in [1.54, 1.807) is 30.6 Å². The van der Waals surface area contributed by atoms with E-state index in [1.807, 2.05) is 6.92 Å². The lowest BCUT2D eigenvalue weighted by Crippen LogP contribution is -2.38. The molecule has 8 nitrogen and oxygen atoms in total. The molecule has 1 aromatic rings. The van der Waals surface area contributed by atoms with Crippen molar-refractivity contribution in [2.24, 2.45) is 0 Å². The number of esters is 1. The summed E-state index contributed by atoms with van der Waals surface area (Å²) >= 11 is 0.844. The molecular formula is C17H19N3O5S. The van der Waals surface area contributed by atoms with Crippen molar-refractivity contribution < 1.29 is 23.9 Å². The largest absolute Gasteiger partial charge is 0.456 e. The maximum absolute atomic E-state index is 12.3. The van der Waals surface area contributed by atoms with Crippen LogP contribution >= 0.6 is 11.8 Å². The molecule has 138 valence electrons. The molecule has 0 spiro atoms. The molecular weight excluding hydrogens is 358 g/mol. The summed E-state index contributed by atoms with van der Waals surface area (Å²) in [7, 11) is 0. The van der Waals surface area contributed by atoms with Gasteiger partial charge in [-0.05, 0) is 35.9 Å². The van der Waals surface area contributed by atoms with Gasteiger partial charge in [-0.25, -0.2) is 0 Å². The fourth-order valence-corrected chi connectivity index (χ4v) is 2.95. The number of aromatic nitrogens is 1. The van der Waals surface area contributed by atoms with Crippen molar-refractivity contribution in [1.82, 2.24) is 15.2 Å². The lowest BCUT2D eigenvalue weighted by molar-refractivity contribution is -0.148. The van der Waals surface area contributed by atoms with Gasteiger partial charge in [-0.15, -0.1) is 0 Å². The summed E-state index contributed by atoms with van der Waals surface area (Å²) in [4.78, 5) is 52.4. The van der Waals surface area contributed by atoms with E-state index in [9.17, 15) is 19.2 Å². The third-order valence-electron chi connectivity index (χ3n) is 3.33. The number of amides is 3. The van der Waals surface area contributed by atoms with Crippen LogP contribution in [0.4, 0.5) is 4.79 Å². The second kappa shape index (κ2) is 9.71. The number of nitrogens with zero attached hydrogens (tertiary/aromatic N) is 2. The minimum absolute atomic E-state index is 0.0453. The molecule has 1 fully saturated rings. The second-order valence-corrected chi connectivity index (χ2v) is 6.37. The first kappa shape index (κ1) is 19.6. The predicted octanol–water partition coefficient (Wildman–Crippen LogP) is 1.58. The van der Waals surface area contributed by atoms with Crippen LogP contribution in [0.5, 0.6) is 0 Å². The minimum atomic E-state index is -0.479. The number of imide groups is 1. The quantitative estimate of drug-likeness (QED) is 0.541. The van der Waals surface area contributed by atoms with E-state index in [0.29, 0.717) is 11.3 Å². The van der Waals surface area contributed by atoms with E-state index in [4.69, 9.17) is 4.74 Å². The number of ether oxygens (including phenoxy) is 1. The van der Waals surface area contributed by atoms with Crippen molar-refractivity contribution in [2.75, 3.05) is 19.7 Å². The Hall–Kier alpha value is -2.68. The van der Waals surface area contributed by atoms with Crippen LogP contribution in [0.15, 0.2) is 29.4 Å². The first-order valence-electron chi connectivity index (χ1n) is 8.09. The maximum atomic E-state index is 12.3. The zero-order valence-corrected chi connectivity index (χ0v) is 15.1. The van der Waals surface area contributed by atoms with Gasteiger partial charge in [0.05, 0.1) is 4.91 Å². The molecule has 9 heteroatoms. The standard InChI is InChI=1S/C17H19N3O5S/c1-2-4-15(22)25-11-14(21)19-7-8-20-16(23)13(26-17(20)24)9-12-5-3-6-18-10-12/h3,5-6,9-10H,2,4,7-8,11H2,1H3,(H,19,21)/b13-9-. The molecule has 0 atom stereocenters. The summed E-state index contributed by atoms with van der Waals surface area (Å²) in [5.41, 5.74) is 0.722. The lowest BCUT2D eigenvalue weighted by Gasteiger charge is -2.13.